The second-order valence-corrected chi connectivity index (χ2v) is 12.7. The van der Waals surface area contributed by atoms with E-state index in [9.17, 15) is 0 Å². The molecule has 6 rings (SSSR count). The Balaban J connectivity index is 0.00000200. The highest BCUT2D eigenvalue weighted by molar-refractivity contribution is 6.30. The first-order chi connectivity index (χ1) is 21.3. The third-order valence-electron chi connectivity index (χ3n) is 9.13. The first-order valence-electron chi connectivity index (χ1n) is 15.6. The molecular formula is C39H44Cl4N4. The van der Waals surface area contributed by atoms with Gasteiger partial charge in [-0.15, -0.1) is 37.2 Å². The second kappa shape index (κ2) is 17.3. The molecule has 0 N–H and O–H groups in total. The third kappa shape index (κ3) is 9.49. The van der Waals surface area contributed by atoms with Gasteiger partial charge >= 0.3 is 0 Å². The van der Waals surface area contributed by atoms with Crippen LogP contribution in [-0.4, -0.2) is 34.0 Å². The molecule has 0 bridgehead atoms. The molecule has 47 heavy (non-hydrogen) atoms. The topological polar surface area (TPSA) is 32.3 Å². The molecule has 248 valence electrons. The molecule has 0 radical (unpaired) electrons. The molecular weight excluding hydrogens is 666 g/mol. The van der Waals surface area contributed by atoms with Gasteiger partial charge in [0.25, 0.3) is 0 Å². The summed E-state index contributed by atoms with van der Waals surface area (Å²) in [5.41, 5.74) is 13.5. The Morgan fingerprint density at radius 2 is 1.23 bits per heavy atom. The van der Waals surface area contributed by atoms with Crippen LogP contribution in [0, 0.1) is 27.7 Å². The van der Waals surface area contributed by atoms with Gasteiger partial charge in [0.15, 0.2) is 0 Å². The zero-order valence-corrected chi connectivity index (χ0v) is 30.7. The van der Waals surface area contributed by atoms with Crippen LogP contribution < -0.4 is 4.90 Å². The van der Waals surface area contributed by atoms with Crippen LogP contribution in [0.5, 0.6) is 0 Å². The van der Waals surface area contributed by atoms with Crippen molar-refractivity contribution in [2.75, 3.05) is 18.0 Å². The van der Waals surface area contributed by atoms with Crippen molar-refractivity contribution >= 4 is 54.5 Å². The smallest absolute Gasteiger partial charge is 0.0705 e. The summed E-state index contributed by atoms with van der Waals surface area (Å²) in [4.78, 5) is 14.6. The molecule has 3 heterocycles. The maximum Gasteiger partial charge on any atom is 0.0705 e. The summed E-state index contributed by atoms with van der Waals surface area (Å²) in [6.07, 6.45) is 6.14. The van der Waals surface area contributed by atoms with Crippen LogP contribution in [0.2, 0.25) is 5.02 Å². The monoisotopic (exact) mass is 708 g/mol. The number of piperidine rings is 1. The van der Waals surface area contributed by atoms with Crippen molar-refractivity contribution in [3.8, 4) is 22.5 Å². The van der Waals surface area contributed by atoms with Crippen molar-refractivity contribution in [2.45, 2.75) is 59.7 Å². The van der Waals surface area contributed by atoms with Crippen LogP contribution in [0.25, 0.3) is 22.5 Å². The highest BCUT2D eigenvalue weighted by Crippen LogP contribution is 2.29. The molecule has 0 amide bonds. The highest BCUT2D eigenvalue weighted by Gasteiger charge is 2.25. The SMILES string of the molecule is Cc1ccc(N(Cc2ccnc(-c3cc(C)c(C)c(C)c3)c2)C2CCN(Cc3ccnc(-c4ccc(Cl)cc4)c3)CC2)cc1.Cl.Cl.Cl. The van der Waals surface area contributed by atoms with E-state index in [1.165, 1.54) is 44.6 Å². The van der Waals surface area contributed by atoms with Gasteiger partial charge in [-0.3, -0.25) is 14.9 Å². The molecule has 1 saturated heterocycles. The molecule has 0 unspecified atom stereocenters. The standard InChI is InChI=1S/C39H41ClN4.3ClH/c1-27-5-11-36(12-6-27)44(26-32-14-18-42-39(24-32)34-21-28(2)30(4)29(3)22-34)37-15-19-43(20-16-37)25-31-13-17-41-38(23-31)33-7-9-35(40)10-8-33;;;/h5-14,17-18,21-24,37H,15-16,19-20,25-26H2,1-4H3;3*1H. The number of hydrogen-bond acceptors (Lipinski definition) is 4. The Kier molecular flexibility index (Phi) is 14.1. The molecule has 3 aromatic carbocycles. The van der Waals surface area contributed by atoms with Gasteiger partial charge in [-0.05, 0) is 129 Å². The summed E-state index contributed by atoms with van der Waals surface area (Å²) < 4.78 is 0. The molecule has 4 nitrogen and oxygen atoms in total. The Morgan fingerprint density at radius 3 is 1.85 bits per heavy atom. The normalized spacial score (nSPS) is 13.2. The number of rotatable bonds is 8. The lowest BCUT2D eigenvalue weighted by molar-refractivity contribution is 0.201. The Labute approximate surface area is 303 Å². The molecule has 1 aliphatic rings. The number of benzene rings is 3. The largest absolute Gasteiger partial charge is 0.364 e. The van der Waals surface area contributed by atoms with Crippen LogP contribution >= 0.6 is 48.8 Å². The molecule has 0 atom stereocenters. The minimum atomic E-state index is 0. The number of nitrogens with zero attached hydrogens (tertiary/aromatic N) is 4. The third-order valence-corrected chi connectivity index (χ3v) is 9.39. The van der Waals surface area contributed by atoms with E-state index in [0.717, 1.165) is 61.0 Å². The molecule has 1 aliphatic heterocycles. The fourth-order valence-electron chi connectivity index (χ4n) is 6.28. The van der Waals surface area contributed by atoms with Gasteiger partial charge < -0.3 is 4.90 Å². The summed E-state index contributed by atoms with van der Waals surface area (Å²) >= 11 is 6.10. The van der Waals surface area contributed by atoms with Gasteiger partial charge in [0.1, 0.15) is 0 Å². The minimum absolute atomic E-state index is 0. The lowest BCUT2D eigenvalue weighted by atomic mass is 9.97. The number of hydrogen-bond donors (Lipinski definition) is 0. The maximum atomic E-state index is 6.10. The van der Waals surface area contributed by atoms with Gasteiger partial charge in [-0.25, -0.2) is 0 Å². The summed E-state index contributed by atoms with van der Waals surface area (Å²) in [5.74, 6) is 0. The fourth-order valence-corrected chi connectivity index (χ4v) is 6.40. The average Bonchev–Trinajstić information content (AvgIpc) is 3.04. The van der Waals surface area contributed by atoms with E-state index < -0.39 is 0 Å². The Hall–Kier alpha value is -3.12. The van der Waals surface area contributed by atoms with Gasteiger partial charge in [0.2, 0.25) is 0 Å². The lowest BCUT2D eigenvalue weighted by Crippen LogP contribution is -2.44. The van der Waals surface area contributed by atoms with Gasteiger partial charge in [0, 0.05) is 66.5 Å². The van der Waals surface area contributed by atoms with E-state index in [1.807, 2.05) is 36.7 Å². The van der Waals surface area contributed by atoms with E-state index in [4.69, 9.17) is 16.6 Å². The van der Waals surface area contributed by atoms with Crippen LogP contribution in [0.15, 0.2) is 97.3 Å². The zero-order chi connectivity index (χ0) is 30.6. The number of likely N-dealkylation sites (tertiary alicyclic amines) is 1. The predicted molar refractivity (Wildman–Crippen MR) is 206 cm³/mol. The van der Waals surface area contributed by atoms with Crippen molar-refractivity contribution in [3.63, 3.8) is 0 Å². The maximum absolute atomic E-state index is 6.10. The first kappa shape index (κ1) is 38.3. The molecule has 0 saturated carbocycles. The van der Waals surface area contributed by atoms with Crippen molar-refractivity contribution in [2.24, 2.45) is 0 Å². The van der Waals surface area contributed by atoms with E-state index in [1.54, 1.807) is 0 Å². The summed E-state index contributed by atoms with van der Waals surface area (Å²) in [7, 11) is 0. The van der Waals surface area contributed by atoms with Gasteiger partial charge in [-0.1, -0.05) is 41.4 Å². The molecule has 0 spiro atoms. The number of halogens is 4. The lowest BCUT2D eigenvalue weighted by Gasteiger charge is -2.40. The zero-order valence-electron chi connectivity index (χ0n) is 27.4. The molecule has 1 fully saturated rings. The second-order valence-electron chi connectivity index (χ2n) is 12.3. The quantitative estimate of drug-likeness (QED) is 0.161. The molecule has 2 aromatic heterocycles. The Bertz CT molecular complexity index is 1710. The minimum Gasteiger partial charge on any atom is -0.364 e. The molecule has 8 heteroatoms. The fraction of sp³-hybridized carbons (Fsp3) is 0.282. The van der Waals surface area contributed by atoms with Crippen molar-refractivity contribution in [1.82, 2.24) is 14.9 Å². The van der Waals surface area contributed by atoms with Crippen molar-refractivity contribution in [1.29, 1.82) is 0 Å². The summed E-state index contributed by atoms with van der Waals surface area (Å²) in [6.45, 7) is 12.7. The van der Waals surface area contributed by atoms with Crippen LogP contribution in [0.1, 0.15) is 46.2 Å². The van der Waals surface area contributed by atoms with Gasteiger partial charge in [-0.2, -0.15) is 0 Å². The Morgan fingerprint density at radius 1 is 0.681 bits per heavy atom. The average molecular weight is 711 g/mol. The van der Waals surface area contributed by atoms with E-state index in [-0.39, 0.29) is 37.2 Å². The van der Waals surface area contributed by atoms with Crippen molar-refractivity contribution < 1.29 is 0 Å². The first-order valence-corrected chi connectivity index (χ1v) is 16.0. The highest BCUT2D eigenvalue weighted by atomic mass is 35.5. The van der Waals surface area contributed by atoms with Crippen molar-refractivity contribution in [3.05, 3.63) is 136 Å². The van der Waals surface area contributed by atoms with E-state index in [0.29, 0.717) is 6.04 Å². The summed E-state index contributed by atoms with van der Waals surface area (Å²) in [6, 6.07) is 30.8. The molecule has 5 aromatic rings. The van der Waals surface area contributed by atoms with Crippen LogP contribution in [-0.2, 0) is 13.1 Å². The number of pyridine rings is 2. The number of anilines is 1. The number of aryl methyl sites for hydroxylation is 3. The number of aromatic nitrogens is 2. The summed E-state index contributed by atoms with van der Waals surface area (Å²) in [5, 5.41) is 0.744. The van der Waals surface area contributed by atoms with Crippen LogP contribution in [0.4, 0.5) is 5.69 Å². The predicted octanol–water partition coefficient (Wildman–Crippen LogP) is 10.6. The van der Waals surface area contributed by atoms with Crippen LogP contribution in [0.3, 0.4) is 0 Å². The van der Waals surface area contributed by atoms with Gasteiger partial charge in [0.05, 0.1) is 11.4 Å². The molecule has 0 aliphatic carbocycles. The van der Waals surface area contributed by atoms with E-state index >= 15 is 0 Å². The van der Waals surface area contributed by atoms with E-state index in [2.05, 4.69) is 103 Å².